The van der Waals surface area contributed by atoms with Gasteiger partial charge in [-0.1, -0.05) is 27.7 Å². The predicted molar refractivity (Wildman–Crippen MR) is 64.9 cm³/mol. The van der Waals surface area contributed by atoms with E-state index in [0.29, 0.717) is 18.4 Å². The van der Waals surface area contributed by atoms with Crippen molar-refractivity contribution in [3.63, 3.8) is 0 Å². The molecule has 0 aliphatic heterocycles. The molecule has 0 aromatic heterocycles. The van der Waals surface area contributed by atoms with Gasteiger partial charge in [-0.2, -0.15) is 0 Å². The Labute approximate surface area is 93.0 Å². The SMILES string of the molecule is CCC(CC)(CO)NC(N)=NCC(C)C. The van der Waals surface area contributed by atoms with Crippen LogP contribution in [-0.4, -0.2) is 29.8 Å². The van der Waals surface area contributed by atoms with Crippen molar-refractivity contribution in [2.24, 2.45) is 16.6 Å². The van der Waals surface area contributed by atoms with Gasteiger partial charge >= 0.3 is 0 Å². The molecule has 0 aliphatic carbocycles. The zero-order valence-corrected chi connectivity index (χ0v) is 10.4. The van der Waals surface area contributed by atoms with Crippen LogP contribution in [0.15, 0.2) is 4.99 Å². The summed E-state index contributed by atoms with van der Waals surface area (Å²) < 4.78 is 0. The summed E-state index contributed by atoms with van der Waals surface area (Å²) in [6.45, 7) is 9.04. The molecule has 0 atom stereocenters. The van der Waals surface area contributed by atoms with Gasteiger partial charge in [0, 0.05) is 6.54 Å². The zero-order valence-electron chi connectivity index (χ0n) is 10.4. The third-order valence-corrected chi connectivity index (χ3v) is 2.68. The summed E-state index contributed by atoms with van der Waals surface area (Å²) in [5.41, 5.74) is 5.45. The summed E-state index contributed by atoms with van der Waals surface area (Å²) in [7, 11) is 0. The van der Waals surface area contributed by atoms with Gasteiger partial charge in [-0.15, -0.1) is 0 Å². The molecule has 4 N–H and O–H groups in total. The van der Waals surface area contributed by atoms with Gasteiger partial charge in [0.05, 0.1) is 12.1 Å². The molecule has 0 rings (SSSR count). The number of hydrogen-bond acceptors (Lipinski definition) is 2. The number of nitrogens with one attached hydrogen (secondary N) is 1. The normalized spacial score (nSPS) is 13.3. The molecule has 90 valence electrons. The minimum Gasteiger partial charge on any atom is -0.394 e. The predicted octanol–water partition coefficient (Wildman–Crippen LogP) is 1.10. The average Bonchev–Trinajstić information content (AvgIpc) is 2.23. The molecule has 0 saturated carbocycles. The molecule has 0 aromatic rings. The molecule has 0 heterocycles. The van der Waals surface area contributed by atoms with Crippen LogP contribution >= 0.6 is 0 Å². The first-order valence-corrected chi connectivity index (χ1v) is 5.68. The fraction of sp³-hybridized carbons (Fsp3) is 0.909. The van der Waals surface area contributed by atoms with Crippen molar-refractivity contribution in [3.8, 4) is 0 Å². The molecule has 15 heavy (non-hydrogen) atoms. The molecule has 4 heteroatoms. The van der Waals surface area contributed by atoms with Crippen molar-refractivity contribution < 1.29 is 5.11 Å². The van der Waals surface area contributed by atoms with Crippen LogP contribution in [0.5, 0.6) is 0 Å². The number of aliphatic hydroxyl groups excluding tert-OH is 1. The lowest BCUT2D eigenvalue weighted by Gasteiger charge is -2.31. The van der Waals surface area contributed by atoms with Gasteiger partial charge < -0.3 is 16.2 Å². The molecule has 0 aliphatic rings. The Hall–Kier alpha value is -0.770. The fourth-order valence-corrected chi connectivity index (χ4v) is 1.28. The van der Waals surface area contributed by atoms with Crippen LogP contribution in [0.1, 0.15) is 40.5 Å². The van der Waals surface area contributed by atoms with E-state index in [2.05, 4.69) is 24.2 Å². The number of guanidine groups is 1. The van der Waals surface area contributed by atoms with Gasteiger partial charge in [-0.25, -0.2) is 0 Å². The highest BCUT2D eigenvalue weighted by molar-refractivity contribution is 5.78. The van der Waals surface area contributed by atoms with E-state index in [1.807, 2.05) is 13.8 Å². The largest absolute Gasteiger partial charge is 0.394 e. The van der Waals surface area contributed by atoms with Crippen LogP contribution in [-0.2, 0) is 0 Å². The van der Waals surface area contributed by atoms with Crippen molar-refractivity contribution in [1.82, 2.24) is 5.32 Å². The number of rotatable bonds is 6. The van der Waals surface area contributed by atoms with Gasteiger partial charge in [0.25, 0.3) is 0 Å². The van der Waals surface area contributed by atoms with E-state index < -0.39 is 0 Å². The molecule has 0 radical (unpaired) electrons. The molecule has 0 saturated heterocycles. The van der Waals surface area contributed by atoms with E-state index in [0.717, 1.165) is 12.8 Å². The van der Waals surface area contributed by atoms with Crippen LogP contribution in [0.4, 0.5) is 0 Å². The highest BCUT2D eigenvalue weighted by Gasteiger charge is 2.25. The van der Waals surface area contributed by atoms with Crippen LogP contribution in [0, 0.1) is 5.92 Å². The van der Waals surface area contributed by atoms with Crippen LogP contribution in [0.2, 0.25) is 0 Å². The summed E-state index contributed by atoms with van der Waals surface area (Å²) in [5, 5.41) is 12.4. The van der Waals surface area contributed by atoms with Crippen molar-refractivity contribution in [2.45, 2.75) is 46.1 Å². The first-order chi connectivity index (χ1) is 6.99. The maximum Gasteiger partial charge on any atom is 0.189 e. The summed E-state index contributed by atoms with van der Waals surface area (Å²) in [6.07, 6.45) is 1.66. The highest BCUT2D eigenvalue weighted by atomic mass is 16.3. The quantitative estimate of drug-likeness (QED) is 0.459. The molecular formula is C11H25N3O. The minimum absolute atomic E-state index is 0.0812. The number of nitrogens with two attached hydrogens (primary N) is 1. The number of hydrogen-bond donors (Lipinski definition) is 3. The summed E-state index contributed by atoms with van der Waals surface area (Å²) in [4.78, 5) is 4.22. The molecule has 0 spiro atoms. The average molecular weight is 215 g/mol. The zero-order chi connectivity index (χ0) is 11.9. The van der Waals surface area contributed by atoms with Crippen molar-refractivity contribution >= 4 is 5.96 Å². The Kier molecular flexibility index (Phi) is 6.32. The lowest BCUT2D eigenvalue weighted by molar-refractivity contribution is 0.169. The topological polar surface area (TPSA) is 70.6 Å². The lowest BCUT2D eigenvalue weighted by atomic mass is 9.94. The van der Waals surface area contributed by atoms with Gasteiger partial charge in [0.2, 0.25) is 0 Å². The standard InChI is InChI=1S/C11H25N3O/c1-5-11(6-2,8-15)14-10(12)13-7-9(3)4/h9,15H,5-8H2,1-4H3,(H3,12,13,14). The third kappa shape index (κ3) is 5.02. The van der Waals surface area contributed by atoms with Gasteiger partial charge in [-0.3, -0.25) is 4.99 Å². The van der Waals surface area contributed by atoms with Crippen LogP contribution in [0.3, 0.4) is 0 Å². The number of aliphatic hydroxyl groups is 1. The lowest BCUT2D eigenvalue weighted by Crippen LogP contribution is -2.53. The Morgan fingerprint density at radius 1 is 1.40 bits per heavy atom. The Balaban J connectivity index is 4.34. The second-order valence-electron chi connectivity index (χ2n) is 4.39. The Bertz CT molecular complexity index is 190. The fourth-order valence-electron chi connectivity index (χ4n) is 1.28. The van der Waals surface area contributed by atoms with Crippen molar-refractivity contribution in [1.29, 1.82) is 0 Å². The second-order valence-corrected chi connectivity index (χ2v) is 4.39. The van der Waals surface area contributed by atoms with E-state index in [4.69, 9.17) is 5.73 Å². The Morgan fingerprint density at radius 2 is 1.93 bits per heavy atom. The van der Waals surface area contributed by atoms with Crippen LogP contribution < -0.4 is 11.1 Å². The summed E-state index contributed by atoms with van der Waals surface area (Å²) >= 11 is 0. The van der Waals surface area contributed by atoms with E-state index >= 15 is 0 Å². The van der Waals surface area contributed by atoms with Gasteiger partial charge in [-0.05, 0) is 18.8 Å². The minimum atomic E-state index is -0.315. The molecule has 4 nitrogen and oxygen atoms in total. The summed E-state index contributed by atoms with van der Waals surface area (Å²) in [6, 6.07) is 0. The maximum atomic E-state index is 9.33. The number of aliphatic imine (C=N–C) groups is 1. The Morgan fingerprint density at radius 3 is 2.27 bits per heavy atom. The molecule has 0 aromatic carbocycles. The van der Waals surface area contributed by atoms with Crippen molar-refractivity contribution in [2.75, 3.05) is 13.2 Å². The smallest absolute Gasteiger partial charge is 0.189 e. The first-order valence-electron chi connectivity index (χ1n) is 5.68. The van der Waals surface area contributed by atoms with E-state index in [1.165, 1.54) is 0 Å². The highest BCUT2D eigenvalue weighted by Crippen LogP contribution is 2.13. The monoisotopic (exact) mass is 215 g/mol. The molecule has 0 amide bonds. The van der Waals surface area contributed by atoms with Gasteiger partial charge in [0.15, 0.2) is 5.96 Å². The summed E-state index contributed by atoms with van der Waals surface area (Å²) in [5.74, 6) is 0.929. The van der Waals surface area contributed by atoms with E-state index in [9.17, 15) is 5.11 Å². The van der Waals surface area contributed by atoms with E-state index in [-0.39, 0.29) is 12.1 Å². The van der Waals surface area contributed by atoms with Crippen LogP contribution in [0.25, 0.3) is 0 Å². The maximum absolute atomic E-state index is 9.33. The van der Waals surface area contributed by atoms with Crippen molar-refractivity contribution in [3.05, 3.63) is 0 Å². The molecular weight excluding hydrogens is 190 g/mol. The number of nitrogens with zero attached hydrogens (tertiary/aromatic N) is 1. The van der Waals surface area contributed by atoms with E-state index in [1.54, 1.807) is 0 Å². The first kappa shape index (κ1) is 14.2. The molecule has 0 unspecified atom stereocenters. The van der Waals surface area contributed by atoms with Gasteiger partial charge in [0.1, 0.15) is 0 Å². The molecule has 0 bridgehead atoms. The third-order valence-electron chi connectivity index (χ3n) is 2.68. The molecule has 0 fully saturated rings. The second kappa shape index (κ2) is 6.67.